The third kappa shape index (κ3) is 6.00. The molecule has 1 aliphatic rings. The Morgan fingerprint density at radius 3 is 2.71 bits per heavy atom. The van der Waals surface area contributed by atoms with Crippen LogP contribution in [0.25, 0.3) is 0 Å². The van der Waals surface area contributed by atoms with Crippen molar-refractivity contribution in [3.8, 4) is 0 Å². The van der Waals surface area contributed by atoms with Gasteiger partial charge in [-0.3, -0.25) is 9.59 Å². The number of nitrogens with one attached hydrogen (secondary N) is 3. The van der Waals surface area contributed by atoms with Crippen LogP contribution >= 0.6 is 11.8 Å². The van der Waals surface area contributed by atoms with Crippen LogP contribution in [-0.4, -0.2) is 30.3 Å². The zero-order valence-corrected chi connectivity index (χ0v) is 14.7. The number of carbonyl (C=O) groups is 2. The lowest BCUT2D eigenvalue weighted by atomic mass is 9.89. The van der Waals surface area contributed by atoms with Gasteiger partial charge in [0, 0.05) is 16.6 Å². The molecule has 6 heteroatoms. The molecule has 1 aliphatic carbocycles. The first-order valence-corrected chi connectivity index (χ1v) is 9.47. The van der Waals surface area contributed by atoms with Gasteiger partial charge in [-0.1, -0.05) is 31.4 Å². The number of benzene rings is 1. The summed E-state index contributed by atoms with van der Waals surface area (Å²) >= 11 is 1.61. The molecule has 130 valence electrons. The van der Waals surface area contributed by atoms with Crippen LogP contribution in [0.4, 0.5) is 5.69 Å². The Labute approximate surface area is 147 Å². The predicted molar refractivity (Wildman–Crippen MR) is 98.8 cm³/mol. The number of anilines is 1. The summed E-state index contributed by atoms with van der Waals surface area (Å²) in [5.41, 5.74) is 0.754. The molecule has 0 bridgehead atoms. The van der Waals surface area contributed by atoms with Gasteiger partial charge in [0.25, 0.3) is 0 Å². The summed E-state index contributed by atoms with van der Waals surface area (Å²) in [6.45, 7) is 0.00876. The Morgan fingerprint density at radius 2 is 1.96 bits per heavy atom. The summed E-state index contributed by atoms with van der Waals surface area (Å²) in [4.78, 5) is 25.2. The van der Waals surface area contributed by atoms with Gasteiger partial charge >= 0.3 is 0 Å². The lowest BCUT2D eigenvalue weighted by Gasteiger charge is -2.20. The molecule has 5 nitrogen and oxygen atoms in total. The molecule has 0 atom stereocenters. The van der Waals surface area contributed by atoms with E-state index in [4.69, 9.17) is 5.41 Å². The molecule has 1 aromatic rings. The predicted octanol–water partition coefficient (Wildman–Crippen LogP) is 3.45. The van der Waals surface area contributed by atoms with E-state index in [0.29, 0.717) is 6.42 Å². The second-order valence-corrected chi connectivity index (χ2v) is 7.08. The highest BCUT2D eigenvalue weighted by molar-refractivity contribution is 7.99. The fraction of sp³-hybridized carbons (Fsp3) is 0.500. The quantitative estimate of drug-likeness (QED) is 0.383. The van der Waals surface area contributed by atoms with E-state index in [-0.39, 0.29) is 24.3 Å². The van der Waals surface area contributed by atoms with Crippen LogP contribution in [0.5, 0.6) is 0 Å². The Bertz CT molecular complexity index is 571. The number of hydrogen-bond acceptors (Lipinski definition) is 4. The molecule has 1 fully saturated rings. The minimum atomic E-state index is -0.209. The topological polar surface area (TPSA) is 82.1 Å². The molecule has 0 aromatic heterocycles. The number of carbonyl (C=O) groups excluding carboxylic acids is 2. The number of thioether (sulfide) groups is 1. The molecule has 1 aromatic carbocycles. The lowest BCUT2D eigenvalue weighted by molar-refractivity contribution is -0.128. The number of amides is 2. The van der Waals surface area contributed by atoms with Crippen molar-refractivity contribution in [1.82, 2.24) is 5.32 Å². The minimum Gasteiger partial charge on any atom is -0.347 e. The van der Waals surface area contributed by atoms with Crippen LogP contribution in [0, 0.1) is 11.3 Å². The summed E-state index contributed by atoms with van der Waals surface area (Å²) in [7, 11) is 0. The van der Waals surface area contributed by atoms with Crippen LogP contribution in [0.1, 0.15) is 38.5 Å². The Balaban J connectivity index is 1.81. The molecule has 24 heavy (non-hydrogen) atoms. The summed E-state index contributed by atoms with van der Waals surface area (Å²) in [5, 5.41) is 12.7. The van der Waals surface area contributed by atoms with Crippen LogP contribution < -0.4 is 10.6 Å². The fourth-order valence-corrected chi connectivity index (χ4v) is 3.70. The normalized spacial score (nSPS) is 14.8. The van der Waals surface area contributed by atoms with Gasteiger partial charge in [-0.25, -0.2) is 0 Å². The summed E-state index contributed by atoms with van der Waals surface area (Å²) in [6, 6.07) is 7.60. The Morgan fingerprint density at radius 1 is 1.21 bits per heavy atom. The molecule has 2 rings (SSSR count). The van der Waals surface area contributed by atoms with Gasteiger partial charge < -0.3 is 16.0 Å². The molecule has 0 aliphatic heterocycles. The zero-order valence-electron chi connectivity index (χ0n) is 13.8. The van der Waals surface area contributed by atoms with Crippen molar-refractivity contribution in [2.45, 2.75) is 43.4 Å². The van der Waals surface area contributed by atoms with E-state index < -0.39 is 0 Å². The summed E-state index contributed by atoms with van der Waals surface area (Å²) in [5.74, 6) is 0.655. The van der Waals surface area contributed by atoms with Crippen molar-refractivity contribution >= 4 is 35.5 Å². The zero-order chi connectivity index (χ0) is 17.2. The van der Waals surface area contributed by atoms with Gasteiger partial charge in [0.15, 0.2) is 0 Å². The number of hydrogen-bond donors (Lipinski definition) is 3. The largest absolute Gasteiger partial charge is 0.347 e. The van der Waals surface area contributed by atoms with Gasteiger partial charge in [0.1, 0.15) is 0 Å². The van der Waals surface area contributed by atoms with E-state index in [1.165, 1.54) is 12.6 Å². The standard InChI is InChI=1S/C18H25N3O2S/c19-11-6-12-24-16-10-5-4-9-15(16)21-17(22)13-20-18(23)14-7-2-1-3-8-14/h4-5,9-11,14,19H,1-3,6-8,12-13H2,(H,20,23)(H,21,22). The van der Waals surface area contributed by atoms with Crippen molar-refractivity contribution < 1.29 is 9.59 Å². The van der Waals surface area contributed by atoms with Gasteiger partial charge in [-0.05, 0) is 37.6 Å². The average molecular weight is 347 g/mol. The highest BCUT2D eigenvalue weighted by Gasteiger charge is 2.21. The van der Waals surface area contributed by atoms with Crippen LogP contribution in [0.2, 0.25) is 0 Å². The maximum Gasteiger partial charge on any atom is 0.243 e. The molecular formula is C18H25N3O2S. The molecule has 3 N–H and O–H groups in total. The third-order valence-corrected chi connectivity index (χ3v) is 5.19. The van der Waals surface area contributed by atoms with E-state index >= 15 is 0 Å². The van der Waals surface area contributed by atoms with Crippen LogP contribution in [0.15, 0.2) is 29.2 Å². The SMILES string of the molecule is N=CCCSc1ccccc1NC(=O)CNC(=O)C1CCCCC1. The van der Waals surface area contributed by atoms with E-state index in [0.717, 1.165) is 42.0 Å². The monoisotopic (exact) mass is 347 g/mol. The van der Waals surface area contributed by atoms with Gasteiger partial charge in [0.05, 0.1) is 12.2 Å². The first-order chi connectivity index (χ1) is 11.7. The van der Waals surface area contributed by atoms with Crippen molar-refractivity contribution in [2.24, 2.45) is 5.92 Å². The smallest absolute Gasteiger partial charge is 0.243 e. The first kappa shape index (κ1) is 18.5. The van der Waals surface area contributed by atoms with Crippen molar-refractivity contribution in [3.63, 3.8) is 0 Å². The number of rotatable bonds is 8. The second-order valence-electron chi connectivity index (χ2n) is 5.94. The highest BCUT2D eigenvalue weighted by atomic mass is 32.2. The van der Waals surface area contributed by atoms with Gasteiger partial charge in [-0.15, -0.1) is 11.8 Å². The maximum atomic E-state index is 12.1. The first-order valence-electron chi connectivity index (χ1n) is 8.49. The number of para-hydroxylation sites is 1. The average Bonchev–Trinajstić information content (AvgIpc) is 2.62. The Hall–Kier alpha value is -1.82. The molecular weight excluding hydrogens is 322 g/mol. The minimum absolute atomic E-state index is 0.00140. The van der Waals surface area contributed by atoms with Crippen molar-refractivity contribution in [2.75, 3.05) is 17.6 Å². The summed E-state index contributed by atoms with van der Waals surface area (Å²) in [6.07, 6.45) is 7.35. The molecule has 0 heterocycles. The van der Waals surface area contributed by atoms with Crippen molar-refractivity contribution in [1.29, 1.82) is 5.41 Å². The van der Waals surface area contributed by atoms with Crippen LogP contribution in [0.3, 0.4) is 0 Å². The lowest BCUT2D eigenvalue weighted by Crippen LogP contribution is -2.37. The second kappa shape index (κ2) is 10.1. The van der Waals surface area contributed by atoms with E-state index in [1.54, 1.807) is 11.8 Å². The maximum absolute atomic E-state index is 12.1. The molecule has 0 spiro atoms. The molecule has 1 saturated carbocycles. The van der Waals surface area contributed by atoms with E-state index in [2.05, 4.69) is 10.6 Å². The summed E-state index contributed by atoms with van der Waals surface area (Å²) < 4.78 is 0. The van der Waals surface area contributed by atoms with E-state index in [9.17, 15) is 9.59 Å². The molecule has 0 saturated heterocycles. The van der Waals surface area contributed by atoms with E-state index in [1.807, 2.05) is 24.3 Å². The van der Waals surface area contributed by atoms with Crippen LogP contribution in [-0.2, 0) is 9.59 Å². The fourth-order valence-electron chi connectivity index (χ4n) is 2.79. The molecule has 0 unspecified atom stereocenters. The highest BCUT2D eigenvalue weighted by Crippen LogP contribution is 2.27. The van der Waals surface area contributed by atoms with Crippen molar-refractivity contribution in [3.05, 3.63) is 24.3 Å². The van der Waals surface area contributed by atoms with Gasteiger partial charge in [0.2, 0.25) is 11.8 Å². The van der Waals surface area contributed by atoms with Gasteiger partial charge in [-0.2, -0.15) is 0 Å². The molecule has 0 radical (unpaired) electrons. The third-order valence-electron chi connectivity index (χ3n) is 4.08. The molecule has 2 amide bonds. The Kier molecular flexibility index (Phi) is 7.82.